The monoisotopic (exact) mass is 384 g/mol. The molecule has 142 valence electrons. The lowest BCUT2D eigenvalue weighted by Crippen LogP contribution is -2.49. The van der Waals surface area contributed by atoms with Gasteiger partial charge in [-0.3, -0.25) is 19.7 Å². The smallest absolute Gasteiger partial charge is 0.312 e. The van der Waals surface area contributed by atoms with E-state index in [2.05, 4.69) is 0 Å². The van der Waals surface area contributed by atoms with E-state index in [1.54, 1.807) is 4.90 Å². The molecule has 0 radical (unpaired) electrons. The van der Waals surface area contributed by atoms with E-state index >= 15 is 0 Å². The normalized spacial score (nSPS) is 18.2. The fourth-order valence-electron chi connectivity index (χ4n) is 3.09. The largest absolute Gasteiger partial charge is 0.481 e. The topological polar surface area (TPSA) is 110 Å². The van der Waals surface area contributed by atoms with Gasteiger partial charge in [-0.25, -0.2) is 0 Å². The number of ether oxygens (including phenoxy) is 1. The molecular formula is C17H21ClN2O6. The molecule has 0 saturated carbocycles. The van der Waals surface area contributed by atoms with Gasteiger partial charge in [-0.15, -0.1) is 0 Å². The maximum absolute atomic E-state index is 12.8. The number of aliphatic carboxylic acids is 1. The standard InChI is InChI=1S/C17H21ClN2O6/c1-11(26-15-7-5-12(18)10-14(15)20(24)25)17(23)19-9-3-2-4-13(19)6-8-16(21)22/h5,7,10-11,13H,2-4,6,8-9H2,1H3,(H,21,22). The number of hydrogen-bond acceptors (Lipinski definition) is 5. The number of nitro groups is 1. The van der Waals surface area contributed by atoms with Gasteiger partial charge in [0.1, 0.15) is 0 Å². The lowest BCUT2D eigenvalue weighted by molar-refractivity contribution is -0.386. The van der Waals surface area contributed by atoms with Crippen molar-refractivity contribution in [3.63, 3.8) is 0 Å². The molecule has 9 heteroatoms. The van der Waals surface area contributed by atoms with E-state index in [4.69, 9.17) is 21.4 Å². The average molecular weight is 385 g/mol. The Kier molecular flexibility index (Phi) is 6.79. The second-order valence-corrected chi connectivity index (χ2v) is 6.68. The third-order valence-corrected chi connectivity index (χ3v) is 4.61. The van der Waals surface area contributed by atoms with Gasteiger partial charge in [-0.05, 0) is 44.7 Å². The molecule has 2 unspecified atom stereocenters. The first-order valence-corrected chi connectivity index (χ1v) is 8.80. The zero-order chi connectivity index (χ0) is 19.3. The van der Waals surface area contributed by atoms with Crippen LogP contribution >= 0.6 is 11.6 Å². The summed E-state index contributed by atoms with van der Waals surface area (Å²) >= 11 is 5.78. The van der Waals surface area contributed by atoms with Gasteiger partial charge >= 0.3 is 11.7 Å². The van der Waals surface area contributed by atoms with Crippen molar-refractivity contribution >= 4 is 29.2 Å². The molecule has 1 saturated heterocycles. The van der Waals surface area contributed by atoms with E-state index in [1.165, 1.54) is 25.1 Å². The van der Waals surface area contributed by atoms with Gasteiger partial charge in [0, 0.05) is 30.1 Å². The molecule has 2 rings (SSSR count). The SMILES string of the molecule is CC(Oc1ccc(Cl)cc1[N+](=O)[O-])C(=O)N1CCCCC1CCC(=O)O. The predicted molar refractivity (Wildman–Crippen MR) is 94.4 cm³/mol. The third-order valence-electron chi connectivity index (χ3n) is 4.37. The molecule has 1 aromatic rings. The van der Waals surface area contributed by atoms with E-state index in [-0.39, 0.29) is 34.8 Å². The number of carbonyl (C=O) groups is 2. The van der Waals surface area contributed by atoms with Crippen molar-refractivity contribution in [2.45, 2.75) is 51.2 Å². The minimum absolute atomic E-state index is 0.00760. The van der Waals surface area contributed by atoms with E-state index in [9.17, 15) is 19.7 Å². The number of hydrogen-bond donors (Lipinski definition) is 1. The van der Waals surface area contributed by atoms with Crippen LogP contribution in [-0.2, 0) is 9.59 Å². The minimum Gasteiger partial charge on any atom is -0.481 e. The zero-order valence-corrected chi connectivity index (χ0v) is 15.1. The third kappa shape index (κ3) is 5.08. The van der Waals surface area contributed by atoms with Gasteiger partial charge in [0.2, 0.25) is 0 Å². The molecule has 26 heavy (non-hydrogen) atoms. The molecule has 1 aromatic carbocycles. The predicted octanol–water partition coefficient (Wildman–Crippen LogP) is 3.26. The number of amides is 1. The van der Waals surface area contributed by atoms with Crippen molar-refractivity contribution in [1.29, 1.82) is 0 Å². The second-order valence-electron chi connectivity index (χ2n) is 6.24. The Balaban J connectivity index is 2.10. The summed E-state index contributed by atoms with van der Waals surface area (Å²) in [5.74, 6) is -1.23. The number of carbonyl (C=O) groups excluding carboxylic acids is 1. The Morgan fingerprint density at radius 1 is 1.46 bits per heavy atom. The molecule has 1 aliphatic rings. The number of halogens is 1. The summed E-state index contributed by atoms with van der Waals surface area (Å²) in [7, 11) is 0. The van der Waals surface area contributed by atoms with Crippen LogP contribution in [0.5, 0.6) is 5.75 Å². The van der Waals surface area contributed by atoms with Crippen LogP contribution < -0.4 is 4.74 Å². The molecule has 8 nitrogen and oxygen atoms in total. The van der Waals surface area contributed by atoms with Crippen LogP contribution in [0.1, 0.15) is 39.0 Å². The van der Waals surface area contributed by atoms with Crippen LogP contribution in [-0.4, -0.2) is 45.5 Å². The Morgan fingerprint density at radius 2 is 2.19 bits per heavy atom. The first kappa shape index (κ1) is 20.0. The molecule has 1 N–H and O–H groups in total. The summed E-state index contributed by atoms with van der Waals surface area (Å²) in [5.41, 5.74) is -0.307. The van der Waals surface area contributed by atoms with Crippen LogP contribution in [0.4, 0.5) is 5.69 Å². The second kappa shape index (κ2) is 8.84. The number of carboxylic acids is 1. The Hall–Kier alpha value is -2.35. The highest BCUT2D eigenvalue weighted by atomic mass is 35.5. The number of piperidine rings is 1. The van der Waals surface area contributed by atoms with Crippen LogP contribution in [0.15, 0.2) is 18.2 Å². The van der Waals surface area contributed by atoms with Gasteiger partial charge in [0.15, 0.2) is 11.9 Å². The summed E-state index contributed by atoms with van der Waals surface area (Å²) in [6.45, 7) is 2.06. The van der Waals surface area contributed by atoms with E-state index in [0.717, 1.165) is 19.3 Å². The van der Waals surface area contributed by atoms with Crippen LogP contribution in [0.2, 0.25) is 5.02 Å². The average Bonchev–Trinajstić information content (AvgIpc) is 2.60. The number of rotatable bonds is 7. The van der Waals surface area contributed by atoms with Gasteiger partial charge < -0.3 is 14.7 Å². The first-order chi connectivity index (χ1) is 12.3. The minimum atomic E-state index is -0.930. The van der Waals surface area contributed by atoms with Crippen molar-refractivity contribution in [2.24, 2.45) is 0 Å². The molecule has 0 aromatic heterocycles. The van der Waals surface area contributed by atoms with E-state index in [0.29, 0.717) is 13.0 Å². The summed E-state index contributed by atoms with van der Waals surface area (Å²) in [5, 5.41) is 20.2. The van der Waals surface area contributed by atoms with Gasteiger partial charge in [0.05, 0.1) is 4.92 Å². The molecule has 1 heterocycles. The van der Waals surface area contributed by atoms with Crippen LogP contribution in [0.25, 0.3) is 0 Å². The van der Waals surface area contributed by atoms with E-state index in [1.807, 2.05) is 0 Å². The lowest BCUT2D eigenvalue weighted by atomic mass is 9.97. The number of likely N-dealkylation sites (tertiary alicyclic amines) is 1. The van der Waals surface area contributed by atoms with Crippen LogP contribution in [0.3, 0.4) is 0 Å². The van der Waals surface area contributed by atoms with Crippen molar-refractivity contribution in [3.8, 4) is 5.75 Å². The molecule has 1 fully saturated rings. The van der Waals surface area contributed by atoms with Crippen molar-refractivity contribution < 1.29 is 24.4 Å². The van der Waals surface area contributed by atoms with Crippen molar-refractivity contribution in [1.82, 2.24) is 4.90 Å². The van der Waals surface area contributed by atoms with Crippen molar-refractivity contribution in [3.05, 3.63) is 33.3 Å². The van der Waals surface area contributed by atoms with Gasteiger partial charge in [-0.1, -0.05) is 11.6 Å². The molecule has 2 atom stereocenters. The highest BCUT2D eigenvalue weighted by Crippen LogP contribution is 2.31. The summed E-state index contributed by atoms with van der Waals surface area (Å²) < 4.78 is 5.54. The highest BCUT2D eigenvalue weighted by molar-refractivity contribution is 6.30. The summed E-state index contributed by atoms with van der Waals surface area (Å²) in [4.78, 5) is 35.7. The molecule has 0 bridgehead atoms. The molecular weight excluding hydrogens is 364 g/mol. The zero-order valence-electron chi connectivity index (χ0n) is 14.4. The molecule has 0 aliphatic carbocycles. The Labute approximate surface area is 155 Å². The maximum Gasteiger partial charge on any atom is 0.312 e. The Morgan fingerprint density at radius 3 is 2.85 bits per heavy atom. The number of benzene rings is 1. The summed E-state index contributed by atoms with van der Waals surface area (Å²) in [6, 6.07) is 3.84. The quantitative estimate of drug-likeness (QED) is 0.570. The lowest BCUT2D eigenvalue weighted by Gasteiger charge is -2.37. The Bertz CT molecular complexity index is 696. The first-order valence-electron chi connectivity index (χ1n) is 8.42. The van der Waals surface area contributed by atoms with E-state index < -0.39 is 17.0 Å². The fraction of sp³-hybridized carbons (Fsp3) is 0.529. The number of nitrogens with zero attached hydrogens (tertiary/aromatic N) is 2. The highest BCUT2D eigenvalue weighted by Gasteiger charge is 2.31. The van der Waals surface area contributed by atoms with Gasteiger partial charge in [0.25, 0.3) is 5.91 Å². The molecule has 1 amide bonds. The molecule has 0 spiro atoms. The fourth-order valence-corrected chi connectivity index (χ4v) is 3.25. The van der Waals surface area contributed by atoms with Crippen molar-refractivity contribution in [2.75, 3.05) is 6.54 Å². The van der Waals surface area contributed by atoms with Crippen LogP contribution in [0, 0.1) is 10.1 Å². The maximum atomic E-state index is 12.8. The number of nitro benzene ring substituents is 1. The number of carboxylic acid groups (broad SMARTS) is 1. The molecule has 1 aliphatic heterocycles. The van der Waals surface area contributed by atoms with Gasteiger partial charge in [-0.2, -0.15) is 0 Å². The summed E-state index contributed by atoms with van der Waals surface area (Å²) in [6.07, 6.45) is 1.96.